The monoisotopic (exact) mass is 306 g/mol. The molecule has 0 aliphatic carbocycles. The zero-order chi connectivity index (χ0) is 13.3. The van der Waals surface area contributed by atoms with E-state index >= 15 is 0 Å². The molecule has 0 N–H and O–H groups in total. The maximum atomic E-state index is 6.08. The standard InChI is InChI=1S/C15H31BrO/c1-6-8-15(11-16,9-7-2)12-17-14(5)10-13(3)4/h13-14H,6-12H2,1-5H3. The highest BCUT2D eigenvalue weighted by Gasteiger charge is 2.28. The van der Waals surface area contributed by atoms with Crippen molar-refractivity contribution in [2.45, 2.75) is 72.8 Å². The summed E-state index contributed by atoms with van der Waals surface area (Å²) in [6.07, 6.45) is 6.57. The molecule has 17 heavy (non-hydrogen) atoms. The number of alkyl halides is 1. The molecule has 0 amide bonds. The predicted molar refractivity (Wildman–Crippen MR) is 80.9 cm³/mol. The molecule has 0 radical (unpaired) electrons. The lowest BCUT2D eigenvalue weighted by Crippen LogP contribution is -2.31. The van der Waals surface area contributed by atoms with Crippen LogP contribution in [0.4, 0.5) is 0 Å². The van der Waals surface area contributed by atoms with Crippen LogP contribution in [-0.2, 0) is 4.74 Å². The van der Waals surface area contributed by atoms with Crippen LogP contribution in [0.5, 0.6) is 0 Å². The normalized spacial score (nSPS) is 14.3. The second-order valence-electron chi connectivity index (χ2n) is 5.88. The van der Waals surface area contributed by atoms with Crippen LogP contribution in [0, 0.1) is 11.3 Å². The van der Waals surface area contributed by atoms with E-state index in [1.807, 2.05) is 0 Å². The number of hydrogen-bond acceptors (Lipinski definition) is 1. The Balaban J connectivity index is 4.22. The van der Waals surface area contributed by atoms with E-state index in [0.29, 0.717) is 11.5 Å². The van der Waals surface area contributed by atoms with Gasteiger partial charge in [-0.2, -0.15) is 0 Å². The zero-order valence-electron chi connectivity index (χ0n) is 12.4. The van der Waals surface area contributed by atoms with Gasteiger partial charge in [0, 0.05) is 10.7 Å². The molecule has 0 aromatic carbocycles. The van der Waals surface area contributed by atoms with E-state index in [1.54, 1.807) is 0 Å². The molecule has 0 heterocycles. The van der Waals surface area contributed by atoms with Gasteiger partial charge in [-0.3, -0.25) is 0 Å². The third-order valence-corrected chi connectivity index (χ3v) is 4.51. The summed E-state index contributed by atoms with van der Waals surface area (Å²) in [6, 6.07) is 0. The van der Waals surface area contributed by atoms with Gasteiger partial charge >= 0.3 is 0 Å². The van der Waals surface area contributed by atoms with Gasteiger partial charge in [0.2, 0.25) is 0 Å². The van der Waals surface area contributed by atoms with Crippen molar-refractivity contribution in [2.75, 3.05) is 11.9 Å². The Kier molecular flexibility index (Phi) is 9.62. The van der Waals surface area contributed by atoms with Crippen molar-refractivity contribution in [3.05, 3.63) is 0 Å². The molecule has 104 valence electrons. The van der Waals surface area contributed by atoms with Gasteiger partial charge in [0.25, 0.3) is 0 Å². The van der Waals surface area contributed by atoms with Gasteiger partial charge in [-0.05, 0) is 32.1 Å². The summed E-state index contributed by atoms with van der Waals surface area (Å²) in [4.78, 5) is 0. The molecule has 0 aromatic rings. The highest BCUT2D eigenvalue weighted by Crippen LogP contribution is 2.33. The zero-order valence-corrected chi connectivity index (χ0v) is 14.0. The number of hydrogen-bond donors (Lipinski definition) is 0. The van der Waals surface area contributed by atoms with Crippen molar-refractivity contribution in [2.24, 2.45) is 11.3 Å². The van der Waals surface area contributed by atoms with E-state index in [4.69, 9.17) is 4.74 Å². The van der Waals surface area contributed by atoms with Crippen molar-refractivity contribution >= 4 is 15.9 Å². The largest absolute Gasteiger partial charge is 0.378 e. The van der Waals surface area contributed by atoms with E-state index in [9.17, 15) is 0 Å². The number of halogens is 1. The fraction of sp³-hybridized carbons (Fsp3) is 1.00. The van der Waals surface area contributed by atoms with Crippen LogP contribution >= 0.6 is 15.9 Å². The molecule has 0 aliphatic rings. The minimum Gasteiger partial charge on any atom is -0.378 e. The Morgan fingerprint density at radius 3 is 1.94 bits per heavy atom. The molecule has 1 unspecified atom stereocenters. The fourth-order valence-corrected chi connectivity index (χ4v) is 3.28. The molecular weight excluding hydrogens is 276 g/mol. The lowest BCUT2D eigenvalue weighted by molar-refractivity contribution is -0.00806. The number of ether oxygens (including phenoxy) is 1. The molecular formula is C15H31BrO. The fourth-order valence-electron chi connectivity index (χ4n) is 2.55. The van der Waals surface area contributed by atoms with E-state index < -0.39 is 0 Å². The molecule has 0 aromatic heterocycles. The summed E-state index contributed by atoms with van der Waals surface area (Å²) in [5, 5.41) is 1.07. The van der Waals surface area contributed by atoms with Crippen LogP contribution in [0.1, 0.15) is 66.7 Å². The van der Waals surface area contributed by atoms with Crippen LogP contribution in [0.25, 0.3) is 0 Å². The van der Waals surface area contributed by atoms with Crippen molar-refractivity contribution < 1.29 is 4.74 Å². The van der Waals surface area contributed by atoms with Crippen LogP contribution in [0.15, 0.2) is 0 Å². The van der Waals surface area contributed by atoms with Crippen molar-refractivity contribution in [3.63, 3.8) is 0 Å². The molecule has 0 saturated carbocycles. The second-order valence-corrected chi connectivity index (χ2v) is 6.45. The van der Waals surface area contributed by atoms with E-state index in [2.05, 4.69) is 50.5 Å². The average Bonchev–Trinajstić information content (AvgIpc) is 2.25. The number of rotatable bonds is 10. The van der Waals surface area contributed by atoms with Gasteiger partial charge in [0.1, 0.15) is 0 Å². The first-order valence-corrected chi connectivity index (χ1v) is 8.29. The van der Waals surface area contributed by atoms with Crippen molar-refractivity contribution in [1.82, 2.24) is 0 Å². The summed E-state index contributed by atoms with van der Waals surface area (Å²) < 4.78 is 6.08. The molecule has 0 bridgehead atoms. The molecule has 0 fully saturated rings. The molecule has 1 nitrogen and oxygen atoms in total. The average molecular weight is 307 g/mol. The first kappa shape index (κ1) is 17.4. The summed E-state index contributed by atoms with van der Waals surface area (Å²) in [6.45, 7) is 12.2. The minimum atomic E-state index is 0.356. The first-order chi connectivity index (χ1) is 7.99. The van der Waals surface area contributed by atoms with E-state index in [0.717, 1.165) is 24.3 Å². The van der Waals surface area contributed by atoms with E-state index in [1.165, 1.54) is 25.7 Å². The summed E-state index contributed by atoms with van der Waals surface area (Å²) >= 11 is 3.70. The van der Waals surface area contributed by atoms with Gasteiger partial charge in [-0.15, -0.1) is 0 Å². The Morgan fingerprint density at radius 1 is 1.06 bits per heavy atom. The Hall–Kier alpha value is 0.440. The maximum absolute atomic E-state index is 6.08. The molecule has 1 atom stereocenters. The lowest BCUT2D eigenvalue weighted by atomic mass is 9.82. The maximum Gasteiger partial charge on any atom is 0.0549 e. The van der Waals surface area contributed by atoms with Gasteiger partial charge in [0.05, 0.1) is 12.7 Å². The topological polar surface area (TPSA) is 9.23 Å². The highest BCUT2D eigenvalue weighted by molar-refractivity contribution is 9.09. The smallest absolute Gasteiger partial charge is 0.0549 e. The van der Waals surface area contributed by atoms with Crippen LogP contribution in [-0.4, -0.2) is 18.0 Å². The van der Waals surface area contributed by atoms with Crippen molar-refractivity contribution in [3.8, 4) is 0 Å². The van der Waals surface area contributed by atoms with Crippen molar-refractivity contribution in [1.29, 1.82) is 0 Å². The highest BCUT2D eigenvalue weighted by atomic mass is 79.9. The SMILES string of the molecule is CCCC(CBr)(CCC)COC(C)CC(C)C. The third-order valence-electron chi connectivity index (χ3n) is 3.32. The van der Waals surface area contributed by atoms with Gasteiger partial charge in [-0.25, -0.2) is 0 Å². The Bertz CT molecular complexity index is 174. The lowest BCUT2D eigenvalue weighted by Gasteiger charge is -2.33. The van der Waals surface area contributed by atoms with Gasteiger partial charge in [-0.1, -0.05) is 56.5 Å². The van der Waals surface area contributed by atoms with Crippen LogP contribution in [0.3, 0.4) is 0 Å². The minimum absolute atomic E-state index is 0.356. The third kappa shape index (κ3) is 7.46. The van der Waals surface area contributed by atoms with Gasteiger partial charge < -0.3 is 4.74 Å². The molecule has 0 spiro atoms. The quantitative estimate of drug-likeness (QED) is 0.490. The molecule has 2 heteroatoms. The molecule has 0 aliphatic heterocycles. The Morgan fingerprint density at radius 2 is 1.59 bits per heavy atom. The molecule has 0 saturated heterocycles. The predicted octanol–water partition coefficient (Wildman–Crippen LogP) is 5.42. The summed E-state index contributed by atoms with van der Waals surface area (Å²) in [5.41, 5.74) is 0.356. The van der Waals surface area contributed by atoms with E-state index in [-0.39, 0.29) is 0 Å². The summed E-state index contributed by atoms with van der Waals surface area (Å²) in [5.74, 6) is 0.723. The Labute approximate surface area is 117 Å². The first-order valence-electron chi connectivity index (χ1n) is 7.17. The van der Waals surface area contributed by atoms with Gasteiger partial charge in [0.15, 0.2) is 0 Å². The summed E-state index contributed by atoms with van der Waals surface area (Å²) in [7, 11) is 0. The second kappa shape index (κ2) is 9.38. The molecule has 0 rings (SSSR count). The van der Waals surface area contributed by atoms with Crippen LogP contribution in [0.2, 0.25) is 0 Å². The van der Waals surface area contributed by atoms with Crippen LogP contribution < -0.4 is 0 Å².